The summed E-state index contributed by atoms with van der Waals surface area (Å²) in [4.78, 5) is 10.3. The number of ether oxygens (including phenoxy) is 1. The van der Waals surface area contributed by atoms with Crippen molar-refractivity contribution in [2.45, 2.75) is 13.2 Å². The van der Waals surface area contributed by atoms with E-state index in [2.05, 4.69) is 15.9 Å². The van der Waals surface area contributed by atoms with Crippen LogP contribution in [0.1, 0.15) is 11.1 Å². The molecule has 2 rings (SSSR count). The van der Waals surface area contributed by atoms with E-state index in [1.807, 2.05) is 24.3 Å². The van der Waals surface area contributed by atoms with Gasteiger partial charge in [0, 0.05) is 10.5 Å². The van der Waals surface area contributed by atoms with Crippen LogP contribution in [-0.4, -0.2) is 4.92 Å². The molecule has 0 amide bonds. The van der Waals surface area contributed by atoms with Gasteiger partial charge in [-0.25, -0.2) is 0 Å². The first kappa shape index (κ1) is 15.0. The van der Waals surface area contributed by atoms with Crippen LogP contribution < -0.4 is 0 Å². The highest BCUT2D eigenvalue weighted by Crippen LogP contribution is 2.25. The second-order valence-electron chi connectivity index (χ2n) is 4.16. The monoisotopic (exact) mass is 355 g/mol. The summed E-state index contributed by atoms with van der Waals surface area (Å²) in [5.41, 5.74) is 1.66. The molecular formula is C14H11BrClNO3. The molecule has 0 aliphatic heterocycles. The summed E-state index contributed by atoms with van der Waals surface area (Å²) in [6.07, 6.45) is 0. The number of hydrogen-bond acceptors (Lipinski definition) is 3. The van der Waals surface area contributed by atoms with E-state index < -0.39 is 4.92 Å². The lowest BCUT2D eigenvalue weighted by atomic mass is 10.2. The highest BCUT2D eigenvalue weighted by atomic mass is 79.9. The molecule has 0 atom stereocenters. The van der Waals surface area contributed by atoms with E-state index in [0.29, 0.717) is 13.2 Å². The molecule has 0 bridgehead atoms. The van der Waals surface area contributed by atoms with Gasteiger partial charge in [0.1, 0.15) is 5.02 Å². The molecule has 0 spiro atoms. The summed E-state index contributed by atoms with van der Waals surface area (Å²) in [5.74, 6) is 0. The Bertz CT molecular complexity index is 616. The number of halogens is 2. The number of benzene rings is 2. The fourth-order valence-electron chi connectivity index (χ4n) is 1.66. The van der Waals surface area contributed by atoms with Gasteiger partial charge in [-0.15, -0.1) is 0 Å². The fourth-order valence-corrected chi connectivity index (χ4v) is 2.11. The zero-order valence-electron chi connectivity index (χ0n) is 10.4. The second kappa shape index (κ2) is 6.83. The van der Waals surface area contributed by atoms with Crippen molar-refractivity contribution in [2.75, 3.05) is 0 Å². The van der Waals surface area contributed by atoms with Crippen molar-refractivity contribution < 1.29 is 9.66 Å². The minimum absolute atomic E-state index is 0.101. The summed E-state index contributed by atoms with van der Waals surface area (Å²) in [6.45, 7) is 0.748. The van der Waals surface area contributed by atoms with Crippen molar-refractivity contribution in [3.63, 3.8) is 0 Å². The average Bonchev–Trinajstić information content (AvgIpc) is 2.42. The highest BCUT2D eigenvalue weighted by molar-refractivity contribution is 9.10. The Labute approximate surface area is 129 Å². The Morgan fingerprint density at radius 1 is 1.10 bits per heavy atom. The SMILES string of the molecule is O=[N+]([O-])c1cc(COCc2ccc(Br)cc2)ccc1Cl. The van der Waals surface area contributed by atoms with Crippen LogP contribution in [0.4, 0.5) is 5.69 Å². The Hall–Kier alpha value is -1.43. The van der Waals surface area contributed by atoms with Crippen LogP contribution in [0.2, 0.25) is 5.02 Å². The van der Waals surface area contributed by atoms with Gasteiger partial charge in [-0.05, 0) is 29.3 Å². The summed E-state index contributed by atoms with van der Waals surface area (Å²) >= 11 is 9.11. The molecule has 0 saturated carbocycles. The summed E-state index contributed by atoms with van der Waals surface area (Å²) in [7, 11) is 0. The minimum atomic E-state index is -0.499. The Morgan fingerprint density at radius 3 is 2.35 bits per heavy atom. The van der Waals surface area contributed by atoms with Crippen LogP contribution in [0.3, 0.4) is 0 Å². The van der Waals surface area contributed by atoms with Gasteiger partial charge in [0.25, 0.3) is 5.69 Å². The third-order valence-corrected chi connectivity index (χ3v) is 3.51. The van der Waals surface area contributed by atoms with Crippen molar-refractivity contribution >= 4 is 33.2 Å². The van der Waals surface area contributed by atoms with Crippen LogP contribution in [0.5, 0.6) is 0 Å². The highest BCUT2D eigenvalue weighted by Gasteiger charge is 2.12. The van der Waals surface area contributed by atoms with Gasteiger partial charge < -0.3 is 4.74 Å². The number of rotatable bonds is 5. The predicted octanol–water partition coefficient (Wildman–Crippen LogP) is 4.73. The zero-order valence-corrected chi connectivity index (χ0v) is 12.7. The van der Waals surface area contributed by atoms with Crippen LogP contribution in [0.25, 0.3) is 0 Å². The van der Waals surface area contributed by atoms with Crippen molar-refractivity contribution in [3.8, 4) is 0 Å². The molecule has 6 heteroatoms. The standard InChI is InChI=1S/C14H11BrClNO3/c15-12-4-1-10(2-5-12)8-20-9-11-3-6-13(16)14(7-11)17(18)19/h1-7H,8-9H2. The topological polar surface area (TPSA) is 52.4 Å². The Kier molecular flexibility index (Phi) is 5.11. The van der Waals surface area contributed by atoms with Gasteiger partial charge >= 0.3 is 0 Å². The van der Waals surface area contributed by atoms with Crippen molar-refractivity contribution in [1.82, 2.24) is 0 Å². The molecular weight excluding hydrogens is 346 g/mol. The molecule has 104 valence electrons. The number of nitrogens with zero attached hydrogens (tertiary/aromatic N) is 1. The van der Waals surface area contributed by atoms with Crippen molar-refractivity contribution in [3.05, 3.63) is 73.2 Å². The van der Waals surface area contributed by atoms with Crippen molar-refractivity contribution in [2.24, 2.45) is 0 Å². The summed E-state index contributed by atoms with van der Waals surface area (Å²) < 4.78 is 6.55. The van der Waals surface area contributed by atoms with Gasteiger partial charge in [0.05, 0.1) is 18.1 Å². The normalized spacial score (nSPS) is 10.5. The number of nitro benzene ring substituents is 1. The lowest BCUT2D eigenvalue weighted by Crippen LogP contribution is -1.96. The second-order valence-corrected chi connectivity index (χ2v) is 5.49. The molecule has 0 aliphatic carbocycles. The molecule has 20 heavy (non-hydrogen) atoms. The molecule has 0 saturated heterocycles. The number of hydrogen-bond donors (Lipinski definition) is 0. The van der Waals surface area contributed by atoms with Crippen LogP contribution in [0, 0.1) is 10.1 Å². The van der Waals surface area contributed by atoms with Gasteiger partial charge in [-0.1, -0.05) is 45.7 Å². The van der Waals surface area contributed by atoms with Crippen LogP contribution >= 0.6 is 27.5 Å². The van der Waals surface area contributed by atoms with E-state index in [1.165, 1.54) is 12.1 Å². The quantitative estimate of drug-likeness (QED) is 0.575. The van der Waals surface area contributed by atoms with E-state index in [9.17, 15) is 10.1 Å². The molecule has 0 heterocycles. The van der Waals surface area contributed by atoms with E-state index in [4.69, 9.17) is 16.3 Å². The molecule has 4 nitrogen and oxygen atoms in total. The fraction of sp³-hybridized carbons (Fsp3) is 0.143. The van der Waals surface area contributed by atoms with Crippen molar-refractivity contribution in [1.29, 1.82) is 0 Å². The first-order chi connectivity index (χ1) is 9.56. The molecule has 0 N–H and O–H groups in total. The maximum Gasteiger partial charge on any atom is 0.288 e. The Morgan fingerprint density at radius 2 is 1.70 bits per heavy atom. The maximum absolute atomic E-state index is 10.8. The minimum Gasteiger partial charge on any atom is -0.372 e. The summed E-state index contributed by atoms with van der Waals surface area (Å²) in [5, 5.41) is 10.9. The van der Waals surface area contributed by atoms with E-state index in [1.54, 1.807) is 6.07 Å². The van der Waals surface area contributed by atoms with Gasteiger partial charge in [0.15, 0.2) is 0 Å². The molecule has 0 radical (unpaired) electrons. The molecule has 0 aromatic heterocycles. The lowest BCUT2D eigenvalue weighted by Gasteiger charge is -2.05. The van der Waals surface area contributed by atoms with E-state index in [0.717, 1.165) is 15.6 Å². The first-order valence-corrected chi connectivity index (χ1v) is 6.98. The molecule has 0 aliphatic rings. The zero-order chi connectivity index (χ0) is 14.5. The Balaban J connectivity index is 1.96. The first-order valence-electron chi connectivity index (χ1n) is 5.81. The maximum atomic E-state index is 10.8. The van der Waals surface area contributed by atoms with E-state index in [-0.39, 0.29) is 10.7 Å². The molecule has 0 fully saturated rings. The number of nitro groups is 1. The third kappa shape index (κ3) is 4.03. The predicted molar refractivity (Wildman–Crippen MR) is 80.7 cm³/mol. The van der Waals surface area contributed by atoms with Crippen LogP contribution in [0.15, 0.2) is 46.9 Å². The van der Waals surface area contributed by atoms with Gasteiger partial charge in [0.2, 0.25) is 0 Å². The van der Waals surface area contributed by atoms with Gasteiger partial charge in [-0.3, -0.25) is 10.1 Å². The smallest absolute Gasteiger partial charge is 0.288 e. The van der Waals surface area contributed by atoms with E-state index >= 15 is 0 Å². The third-order valence-electron chi connectivity index (χ3n) is 2.66. The molecule has 0 unspecified atom stereocenters. The lowest BCUT2D eigenvalue weighted by molar-refractivity contribution is -0.384. The summed E-state index contributed by atoms with van der Waals surface area (Å²) in [6, 6.07) is 12.4. The largest absolute Gasteiger partial charge is 0.372 e. The van der Waals surface area contributed by atoms with Crippen LogP contribution in [-0.2, 0) is 18.0 Å². The molecule has 2 aromatic carbocycles. The van der Waals surface area contributed by atoms with Gasteiger partial charge in [-0.2, -0.15) is 0 Å². The molecule has 2 aromatic rings. The average molecular weight is 357 g/mol.